The van der Waals surface area contributed by atoms with Gasteiger partial charge in [-0.1, -0.05) is 12.1 Å². The van der Waals surface area contributed by atoms with E-state index < -0.39 is 21.8 Å². The molecule has 0 radical (unpaired) electrons. The number of piperazine rings is 1. The van der Waals surface area contributed by atoms with Crippen LogP contribution in [0.2, 0.25) is 0 Å². The first-order valence-corrected chi connectivity index (χ1v) is 10.9. The van der Waals surface area contributed by atoms with Gasteiger partial charge in [0.15, 0.2) is 0 Å². The van der Waals surface area contributed by atoms with E-state index in [1.165, 1.54) is 22.5 Å². The Morgan fingerprint density at radius 2 is 1.57 bits per heavy atom. The van der Waals surface area contributed by atoms with E-state index in [9.17, 15) is 18.0 Å². The number of carbonyl (C=O) groups is 2. The second-order valence-corrected chi connectivity index (χ2v) is 8.98. The van der Waals surface area contributed by atoms with E-state index in [0.717, 1.165) is 11.4 Å². The molecule has 2 N–H and O–H groups in total. The molecule has 2 aliphatic heterocycles. The molecule has 4 rings (SSSR count). The summed E-state index contributed by atoms with van der Waals surface area (Å²) < 4.78 is 33.1. The van der Waals surface area contributed by atoms with Gasteiger partial charge < -0.3 is 20.3 Å². The topological polar surface area (TPSA) is 108 Å². The van der Waals surface area contributed by atoms with Crippen molar-refractivity contribution in [1.29, 1.82) is 0 Å². The first-order chi connectivity index (χ1) is 14.4. The Morgan fingerprint density at radius 3 is 2.27 bits per heavy atom. The molecule has 0 aromatic heterocycles. The monoisotopic (exact) mass is 430 g/mol. The van der Waals surface area contributed by atoms with Gasteiger partial charge in [-0.25, -0.2) is 8.42 Å². The van der Waals surface area contributed by atoms with Gasteiger partial charge in [-0.15, -0.1) is 0 Å². The van der Waals surface area contributed by atoms with Crippen molar-refractivity contribution < 1.29 is 22.7 Å². The number of carbonyl (C=O) groups excluding carboxylic acids is 2. The average Bonchev–Trinajstić information content (AvgIpc) is 2.89. The smallest absolute Gasteiger partial charge is 0.243 e. The molecule has 2 aromatic carbocycles. The van der Waals surface area contributed by atoms with Crippen LogP contribution < -0.4 is 20.3 Å². The molecular weight excluding hydrogens is 408 g/mol. The third kappa shape index (κ3) is 3.83. The second kappa shape index (κ2) is 7.96. The molecule has 2 amide bonds. The third-order valence-electron chi connectivity index (χ3n) is 5.16. The zero-order chi connectivity index (χ0) is 21.3. The van der Waals surface area contributed by atoms with Crippen LogP contribution in [0, 0.1) is 0 Å². The summed E-state index contributed by atoms with van der Waals surface area (Å²) in [7, 11) is -2.14. The van der Waals surface area contributed by atoms with Gasteiger partial charge in [0.05, 0.1) is 29.1 Å². The number of hydrogen-bond donors (Lipinski definition) is 2. The van der Waals surface area contributed by atoms with Crippen LogP contribution in [0.1, 0.15) is 6.42 Å². The van der Waals surface area contributed by atoms with Gasteiger partial charge in [0.1, 0.15) is 12.2 Å². The summed E-state index contributed by atoms with van der Waals surface area (Å²) >= 11 is 0. The molecule has 0 aliphatic carbocycles. The number of para-hydroxylation sites is 2. The van der Waals surface area contributed by atoms with E-state index >= 15 is 0 Å². The first kappa shape index (κ1) is 20.2. The lowest BCUT2D eigenvalue weighted by Gasteiger charge is -2.36. The number of anilines is 3. The molecule has 9 nitrogen and oxygen atoms in total. The number of benzene rings is 2. The fraction of sp³-hybridized carbons (Fsp3) is 0.300. The van der Waals surface area contributed by atoms with E-state index in [0.29, 0.717) is 31.9 Å². The van der Waals surface area contributed by atoms with Gasteiger partial charge in [0.2, 0.25) is 21.8 Å². The number of nitrogens with zero attached hydrogens (tertiary/aromatic N) is 2. The van der Waals surface area contributed by atoms with Crippen LogP contribution in [0.3, 0.4) is 0 Å². The first-order valence-electron chi connectivity index (χ1n) is 9.50. The van der Waals surface area contributed by atoms with Crippen molar-refractivity contribution in [2.24, 2.45) is 0 Å². The average molecular weight is 430 g/mol. The minimum absolute atomic E-state index is 0.0726. The Kier molecular flexibility index (Phi) is 5.35. The number of amides is 2. The highest BCUT2D eigenvalue weighted by Gasteiger charge is 2.30. The van der Waals surface area contributed by atoms with Crippen LogP contribution in [0.25, 0.3) is 0 Å². The van der Waals surface area contributed by atoms with Gasteiger partial charge in [0.25, 0.3) is 0 Å². The molecule has 30 heavy (non-hydrogen) atoms. The van der Waals surface area contributed by atoms with Gasteiger partial charge in [-0.05, 0) is 30.3 Å². The summed E-state index contributed by atoms with van der Waals surface area (Å²) in [5.41, 5.74) is 1.59. The Balaban J connectivity index is 1.53. The van der Waals surface area contributed by atoms with Crippen LogP contribution in [0.4, 0.5) is 17.1 Å². The van der Waals surface area contributed by atoms with E-state index in [1.807, 2.05) is 24.3 Å². The Morgan fingerprint density at radius 1 is 0.900 bits per heavy atom. The molecule has 0 saturated carbocycles. The maximum Gasteiger partial charge on any atom is 0.243 e. The summed E-state index contributed by atoms with van der Waals surface area (Å²) in [4.78, 5) is 25.6. The van der Waals surface area contributed by atoms with E-state index in [1.54, 1.807) is 7.11 Å². The van der Waals surface area contributed by atoms with E-state index in [4.69, 9.17) is 4.74 Å². The Labute approximate surface area is 174 Å². The summed E-state index contributed by atoms with van der Waals surface area (Å²) in [5.74, 6) is -0.169. The maximum atomic E-state index is 13.2. The summed E-state index contributed by atoms with van der Waals surface area (Å²) in [5, 5.41) is 5.18. The van der Waals surface area contributed by atoms with Gasteiger partial charge in [0, 0.05) is 26.2 Å². The molecular formula is C20H22N4O5S. The summed E-state index contributed by atoms with van der Waals surface area (Å²) in [6.07, 6.45) is -0.304. The van der Waals surface area contributed by atoms with Crippen molar-refractivity contribution in [3.05, 3.63) is 42.5 Å². The molecule has 1 saturated heterocycles. The highest BCUT2D eigenvalue weighted by atomic mass is 32.2. The predicted octanol–water partition coefficient (Wildman–Crippen LogP) is 1.49. The van der Waals surface area contributed by atoms with Crippen LogP contribution in [0.5, 0.6) is 5.75 Å². The van der Waals surface area contributed by atoms with Crippen molar-refractivity contribution in [2.75, 3.05) is 48.8 Å². The minimum Gasteiger partial charge on any atom is -0.495 e. The zero-order valence-corrected chi connectivity index (χ0v) is 17.2. The summed E-state index contributed by atoms with van der Waals surface area (Å²) in [6, 6.07) is 12.0. The lowest BCUT2D eigenvalue weighted by Crippen LogP contribution is -2.48. The number of nitrogens with one attached hydrogen (secondary N) is 2. The zero-order valence-electron chi connectivity index (χ0n) is 16.4. The van der Waals surface area contributed by atoms with Crippen LogP contribution in [-0.4, -0.2) is 57.8 Å². The van der Waals surface area contributed by atoms with Crippen molar-refractivity contribution in [1.82, 2.24) is 4.31 Å². The minimum atomic E-state index is -3.75. The molecule has 10 heteroatoms. The van der Waals surface area contributed by atoms with Crippen molar-refractivity contribution in [3.63, 3.8) is 0 Å². The highest BCUT2D eigenvalue weighted by Crippen LogP contribution is 2.31. The highest BCUT2D eigenvalue weighted by molar-refractivity contribution is 7.89. The molecule has 158 valence electrons. The van der Waals surface area contributed by atoms with Gasteiger partial charge in [-0.2, -0.15) is 4.31 Å². The maximum absolute atomic E-state index is 13.2. The largest absolute Gasteiger partial charge is 0.495 e. The lowest BCUT2D eigenvalue weighted by atomic mass is 10.2. The molecule has 0 unspecified atom stereocenters. The SMILES string of the molecule is COc1ccccc1N1CCN(S(=O)(=O)c2ccc3c(c2)NC(=O)CC(=O)N3)CC1. The standard InChI is InChI=1S/C20H22N4O5S/c1-29-18-5-3-2-4-17(18)23-8-10-24(11-9-23)30(27,28)14-6-7-15-16(12-14)22-20(26)13-19(25)21-15/h2-7,12H,8-11,13H2,1H3,(H,21,25)(H,22,26). The number of ether oxygens (including phenoxy) is 1. The number of hydrogen-bond acceptors (Lipinski definition) is 6. The third-order valence-corrected chi connectivity index (χ3v) is 7.06. The van der Waals surface area contributed by atoms with Crippen molar-refractivity contribution in [2.45, 2.75) is 11.3 Å². The molecule has 0 atom stereocenters. The molecule has 1 fully saturated rings. The molecule has 0 spiro atoms. The molecule has 2 aromatic rings. The number of fused-ring (bicyclic) bond motifs is 1. The number of sulfonamides is 1. The van der Waals surface area contributed by atoms with E-state index in [2.05, 4.69) is 15.5 Å². The number of rotatable bonds is 4. The number of methoxy groups -OCH3 is 1. The molecule has 0 bridgehead atoms. The van der Waals surface area contributed by atoms with Crippen molar-refractivity contribution in [3.8, 4) is 5.75 Å². The Bertz CT molecular complexity index is 1090. The normalized spacial score (nSPS) is 17.6. The molecule has 2 heterocycles. The second-order valence-electron chi connectivity index (χ2n) is 7.04. The van der Waals surface area contributed by atoms with Crippen molar-refractivity contribution >= 4 is 38.9 Å². The fourth-order valence-electron chi connectivity index (χ4n) is 3.64. The van der Waals surface area contributed by atoms with Crippen LogP contribution in [-0.2, 0) is 19.6 Å². The Hall–Kier alpha value is -3.11. The molecule has 2 aliphatic rings. The quantitative estimate of drug-likeness (QED) is 0.712. The van der Waals surface area contributed by atoms with Gasteiger partial charge >= 0.3 is 0 Å². The predicted molar refractivity (Wildman–Crippen MR) is 112 cm³/mol. The summed E-state index contributed by atoms with van der Waals surface area (Å²) in [6.45, 7) is 1.69. The van der Waals surface area contributed by atoms with Crippen LogP contribution in [0.15, 0.2) is 47.4 Å². The van der Waals surface area contributed by atoms with Crippen LogP contribution >= 0.6 is 0 Å². The van der Waals surface area contributed by atoms with E-state index in [-0.39, 0.29) is 17.0 Å². The fourth-order valence-corrected chi connectivity index (χ4v) is 5.09. The lowest BCUT2D eigenvalue weighted by molar-refractivity contribution is -0.123. The van der Waals surface area contributed by atoms with Gasteiger partial charge in [-0.3, -0.25) is 9.59 Å².